The van der Waals surface area contributed by atoms with Gasteiger partial charge in [-0.1, -0.05) is 12.1 Å². The van der Waals surface area contributed by atoms with Crippen LogP contribution in [0.5, 0.6) is 5.75 Å². The second kappa shape index (κ2) is 7.89. The summed E-state index contributed by atoms with van der Waals surface area (Å²) < 4.78 is 31.6. The average molecular weight is 411 g/mol. The van der Waals surface area contributed by atoms with Crippen molar-refractivity contribution in [2.75, 3.05) is 18.9 Å². The van der Waals surface area contributed by atoms with Gasteiger partial charge in [0.2, 0.25) is 0 Å². The molecule has 1 unspecified atom stereocenters. The van der Waals surface area contributed by atoms with Crippen molar-refractivity contribution in [3.8, 4) is 11.4 Å². The first-order valence-corrected chi connectivity index (χ1v) is 9.51. The number of hydrogen-bond acceptors (Lipinski definition) is 6. The fourth-order valence-corrected chi connectivity index (χ4v) is 3.24. The minimum Gasteiger partial charge on any atom is -0.491 e. The normalized spacial score (nSPS) is 17.8. The monoisotopic (exact) mass is 411 g/mol. The van der Waals surface area contributed by atoms with Crippen LogP contribution in [0.15, 0.2) is 54.7 Å². The zero-order valence-electron chi connectivity index (χ0n) is 16.7. The number of benzene rings is 2. The number of nitrogens with two attached hydrogens (primary N) is 1. The number of nitrogen functional groups attached to an aromatic ring is 1. The Kier molecular flexibility index (Phi) is 5.27. The van der Waals surface area contributed by atoms with Crippen LogP contribution in [0.25, 0.3) is 5.69 Å². The number of anilines is 1. The van der Waals surface area contributed by atoms with Gasteiger partial charge < -0.3 is 19.9 Å². The highest BCUT2D eigenvalue weighted by Crippen LogP contribution is 2.25. The van der Waals surface area contributed by atoms with Crippen LogP contribution in [-0.4, -0.2) is 40.7 Å². The third-order valence-corrected chi connectivity index (χ3v) is 4.72. The highest BCUT2D eigenvalue weighted by atomic mass is 19.1. The fraction of sp³-hybridized carbons (Fsp3) is 0.273. The highest BCUT2D eigenvalue weighted by molar-refractivity contribution is 6.11. The quantitative estimate of drug-likeness (QED) is 0.626. The number of halogens is 1. The Morgan fingerprint density at radius 3 is 2.77 bits per heavy atom. The number of rotatable bonds is 6. The van der Waals surface area contributed by atoms with Crippen molar-refractivity contribution in [2.24, 2.45) is 0 Å². The van der Waals surface area contributed by atoms with E-state index in [1.54, 1.807) is 24.3 Å². The van der Waals surface area contributed by atoms with E-state index in [0.29, 0.717) is 30.2 Å². The molecule has 0 spiro atoms. The van der Waals surface area contributed by atoms with Crippen molar-refractivity contribution in [3.05, 3.63) is 71.7 Å². The van der Waals surface area contributed by atoms with Gasteiger partial charge in [-0.15, -0.1) is 0 Å². The maximum atomic E-state index is 13.2. The smallest absolute Gasteiger partial charge is 0.198 e. The van der Waals surface area contributed by atoms with Crippen LogP contribution >= 0.6 is 0 Å². The molecule has 1 atom stereocenters. The summed E-state index contributed by atoms with van der Waals surface area (Å²) in [5.41, 5.74) is 7.38. The van der Waals surface area contributed by atoms with Crippen molar-refractivity contribution >= 4 is 11.6 Å². The zero-order valence-corrected chi connectivity index (χ0v) is 16.7. The summed E-state index contributed by atoms with van der Waals surface area (Å²) in [5.74, 6) is -0.549. The van der Waals surface area contributed by atoms with E-state index in [0.717, 1.165) is 0 Å². The minimum absolute atomic E-state index is 0.177. The van der Waals surface area contributed by atoms with Crippen molar-refractivity contribution in [1.82, 2.24) is 9.78 Å². The van der Waals surface area contributed by atoms with Crippen molar-refractivity contribution < 1.29 is 23.4 Å². The van der Waals surface area contributed by atoms with E-state index in [9.17, 15) is 9.18 Å². The molecule has 4 rings (SSSR count). The maximum Gasteiger partial charge on any atom is 0.198 e. The molecule has 0 amide bonds. The lowest BCUT2D eigenvalue weighted by Gasteiger charge is -2.17. The van der Waals surface area contributed by atoms with Crippen LogP contribution in [0.3, 0.4) is 0 Å². The Morgan fingerprint density at radius 2 is 2.07 bits per heavy atom. The molecule has 0 saturated carbocycles. The molecule has 156 valence electrons. The molecule has 1 saturated heterocycles. The van der Waals surface area contributed by atoms with Gasteiger partial charge in [0.25, 0.3) is 0 Å². The maximum absolute atomic E-state index is 13.2. The van der Waals surface area contributed by atoms with Crippen LogP contribution in [0.4, 0.5) is 10.2 Å². The lowest BCUT2D eigenvalue weighted by Crippen LogP contribution is -2.25. The van der Waals surface area contributed by atoms with Gasteiger partial charge in [0.15, 0.2) is 11.6 Å². The van der Waals surface area contributed by atoms with E-state index in [1.807, 2.05) is 13.8 Å². The van der Waals surface area contributed by atoms with Crippen molar-refractivity contribution in [1.29, 1.82) is 0 Å². The Hall–Kier alpha value is -3.23. The molecule has 0 radical (unpaired) electrons. The molecule has 7 nitrogen and oxygen atoms in total. The van der Waals surface area contributed by atoms with Gasteiger partial charge in [0.05, 0.1) is 24.1 Å². The first-order chi connectivity index (χ1) is 14.3. The molecule has 8 heteroatoms. The van der Waals surface area contributed by atoms with Crippen molar-refractivity contribution in [2.45, 2.75) is 25.7 Å². The molecule has 2 heterocycles. The molecule has 1 aromatic heterocycles. The van der Waals surface area contributed by atoms with Gasteiger partial charge in [0, 0.05) is 5.56 Å². The summed E-state index contributed by atoms with van der Waals surface area (Å²) in [6.07, 6.45) is 1.23. The lowest BCUT2D eigenvalue weighted by atomic mass is 10.1. The Morgan fingerprint density at radius 1 is 1.30 bits per heavy atom. The van der Waals surface area contributed by atoms with Gasteiger partial charge in [-0.2, -0.15) is 5.10 Å². The number of nitrogens with zero attached hydrogens (tertiary/aromatic N) is 2. The number of carbonyl (C=O) groups excluding carboxylic acids is 1. The molecule has 2 aromatic carbocycles. The molecule has 1 aliphatic heterocycles. The predicted octanol–water partition coefficient (Wildman–Crippen LogP) is 3.35. The number of ether oxygens (including phenoxy) is 3. The Balaban J connectivity index is 1.49. The Bertz CT molecular complexity index is 1060. The van der Waals surface area contributed by atoms with Crippen LogP contribution < -0.4 is 10.5 Å². The third kappa shape index (κ3) is 4.19. The highest BCUT2D eigenvalue weighted by Gasteiger charge is 2.33. The van der Waals surface area contributed by atoms with Gasteiger partial charge in [-0.05, 0) is 50.2 Å². The molecule has 3 aromatic rings. The van der Waals surface area contributed by atoms with Gasteiger partial charge >= 0.3 is 0 Å². The van der Waals surface area contributed by atoms with Crippen LogP contribution in [0, 0.1) is 5.82 Å². The van der Waals surface area contributed by atoms with E-state index >= 15 is 0 Å². The van der Waals surface area contributed by atoms with Crippen LogP contribution in [0.1, 0.15) is 29.8 Å². The Labute approximate surface area is 173 Å². The van der Waals surface area contributed by atoms with Gasteiger partial charge in [-0.25, -0.2) is 9.07 Å². The standard InChI is InChI=1S/C22H22FN3O4/c1-22(2)29-13-18(30-22)12-28-17-5-3-4-14(10-17)20(27)19-11-25-26(21(19)24)16-8-6-15(23)7-9-16/h3-11,18H,12-13,24H2,1-2H3. The molecule has 30 heavy (non-hydrogen) atoms. The van der Waals surface area contributed by atoms with Gasteiger partial charge in [-0.3, -0.25) is 4.79 Å². The largest absolute Gasteiger partial charge is 0.491 e. The number of ketones is 1. The predicted molar refractivity (Wildman–Crippen MR) is 108 cm³/mol. The molecular formula is C22H22FN3O4. The second-order valence-electron chi connectivity index (χ2n) is 7.45. The zero-order chi connectivity index (χ0) is 21.3. The second-order valence-corrected chi connectivity index (χ2v) is 7.45. The van der Waals surface area contributed by atoms with Crippen LogP contribution in [0.2, 0.25) is 0 Å². The summed E-state index contributed by atoms with van der Waals surface area (Å²) in [5, 5.41) is 4.17. The number of carbonyl (C=O) groups is 1. The minimum atomic E-state index is -0.617. The lowest BCUT2D eigenvalue weighted by molar-refractivity contribution is -0.141. The summed E-state index contributed by atoms with van der Waals surface area (Å²) >= 11 is 0. The third-order valence-electron chi connectivity index (χ3n) is 4.72. The van der Waals surface area contributed by atoms with E-state index in [2.05, 4.69) is 5.10 Å². The summed E-state index contributed by atoms with van der Waals surface area (Å²) in [6.45, 7) is 4.46. The molecule has 1 aliphatic rings. The van der Waals surface area contributed by atoms with E-state index in [-0.39, 0.29) is 29.1 Å². The first kappa shape index (κ1) is 20.1. The summed E-state index contributed by atoms with van der Waals surface area (Å²) in [6, 6.07) is 12.5. The fourth-order valence-electron chi connectivity index (χ4n) is 3.24. The van der Waals surface area contributed by atoms with Gasteiger partial charge in [0.1, 0.15) is 30.1 Å². The summed E-state index contributed by atoms with van der Waals surface area (Å²) in [4.78, 5) is 13.0. The number of hydrogen-bond donors (Lipinski definition) is 1. The molecular weight excluding hydrogens is 389 g/mol. The molecule has 1 fully saturated rings. The summed E-state index contributed by atoms with van der Waals surface area (Å²) in [7, 11) is 0. The van der Waals surface area contributed by atoms with Crippen molar-refractivity contribution in [3.63, 3.8) is 0 Å². The molecule has 2 N–H and O–H groups in total. The van der Waals surface area contributed by atoms with E-state index in [4.69, 9.17) is 19.9 Å². The topological polar surface area (TPSA) is 88.6 Å². The molecule has 0 aliphatic carbocycles. The SMILES string of the molecule is CC1(C)OCC(COc2cccc(C(=O)c3cnn(-c4ccc(F)cc4)c3N)c2)O1. The van der Waals surface area contributed by atoms with E-state index < -0.39 is 5.79 Å². The van der Waals surface area contributed by atoms with Crippen LogP contribution in [-0.2, 0) is 9.47 Å². The first-order valence-electron chi connectivity index (χ1n) is 9.51. The average Bonchev–Trinajstić information content (AvgIpc) is 3.28. The van der Waals surface area contributed by atoms with E-state index in [1.165, 1.54) is 35.1 Å². The number of aromatic nitrogens is 2. The molecule has 0 bridgehead atoms.